The molecule has 0 fully saturated rings. The van der Waals surface area contributed by atoms with E-state index in [9.17, 15) is 14.4 Å². The van der Waals surface area contributed by atoms with Gasteiger partial charge in [-0.25, -0.2) is 4.79 Å². The van der Waals surface area contributed by atoms with E-state index in [0.717, 1.165) is 0 Å². The molecule has 4 amide bonds. The highest BCUT2D eigenvalue weighted by molar-refractivity contribution is 6.08. The Balaban J connectivity index is 2.83. The van der Waals surface area contributed by atoms with E-state index >= 15 is 0 Å². The van der Waals surface area contributed by atoms with Crippen LogP contribution in [0.2, 0.25) is 0 Å². The van der Waals surface area contributed by atoms with Crippen molar-refractivity contribution in [3.8, 4) is 11.8 Å². The van der Waals surface area contributed by atoms with E-state index in [-0.39, 0.29) is 12.2 Å². The topological polar surface area (TPSA) is 148 Å². The summed E-state index contributed by atoms with van der Waals surface area (Å²) >= 11 is 0. The fourth-order valence-corrected chi connectivity index (χ4v) is 1.31. The summed E-state index contributed by atoms with van der Waals surface area (Å²) in [5.74, 6) is -1.08. The van der Waals surface area contributed by atoms with Crippen LogP contribution in [0.4, 0.5) is 4.79 Å². The van der Waals surface area contributed by atoms with Crippen molar-refractivity contribution in [3.63, 3.8) is 0 Å². The molecule has 1 aromatic rings. The van der Waals surface area contributed by atoms with Gasteiger partial charge < -0.3 is 16.2 Å². The van der Waals surface area contributed by atoms with Crippen LogP contribution in [-0.4, -0.2) is 24.5 Å². The van der Waals surface area contributed by atoms with E-state index in [1.54, 1.807) is 23.5 Å². The minimum atomic E-state index is -1.05. The highest BCUT2D eigenvalue weighted by Crippen LogP contribution is 2.14. The van der Waals surface area contributed by atoms with Crippen LogP contribution < -0.4 is 21.5 Å². The maximum absolute atomic E-state index is 11.5. The second-order valence-corrected chi connectivity index (χ2v) is 3.81. The number of hydrogen-bond donors (Lipinski definition) is 3. The van der Waals surface area contributed by atoms with Crippen molar-refractivity contribution in [1.82, 2.24) is 5.32 Å². The summed E-state index contributed by atoms with van der Waals surface area (Å²) in [7, 11) is 0. The summed E-state index contributed by atoms with van der Waals surface area (Å²) in [5.41, 5.74) is 9.98. The zero-order valence-corrected chi connectivity index (χ0v) is 10.8. The highest BCUT2D eigenvalue weighted by Gasteiger charge is 2.10. The Morgan fingerprint density at radius 2 is 1.86 bits per heavy atom. The molecule has 0 radical (unpaired) electrons. The third kappa shape index (κ3) is 5.44. The van der Waals surface area contributed by atoms with Gasteiger partial charge in [-0.05, 0) is 23.8 Å². The van der Waals surface area contributed by atoms with Crippen molar-refractivity contribution < 1.29 is 19.1 Å². The van der Waals surface area contributed by atoms with E-state index in [1.807, 2.05) is 0 Å². The number of nitrogens with two attached hydrogens (primary N) is 2. The second-order valence-electron chi connectivity index (χ2n) is 3.81. The molecule has 0 aliphatic carbocycles. The Labute approximate surface area is 120 Å². The largest absolute Gasteiger partial charge is 0.484 e. The van der Waals surface area contributed by atoms with Crippen molar-refractivity contribution in [2.24, 2.45) is 11.5 Å². The van der Waals surface area contributed by atoms with Crippen molar-refractivity contribution in [3.05, 3.63) is 35.4 Å². The first kappa shape index (κ1) is 15.7. The minimum Gasteiger partial charge on any atom is -0.484 e. The van der Waals surface area contributed by atoms with Gasteiger partial charge in [0, 0.05) is 0 Å². The molecular formula is C13H12N4O4. The van der Waals surface area contributed by atoms with Gasteiger partial charge in [0.15, 0.2) is 6.61 Å². The molecule has 108 valence electrons. The third-order valence-electron chi connectivity index (χ3n) is 2.17. The maximum atomic E-state index is 11.5. The van der Waals surface area contributed by atoms with E-state index in [0.29, 0.717) is 11.3 Å². The molecule has 8 heteroatoms. The minimum absolute atomic E-state index is 0.250. The lowest BCUT2D eigenvalue weighted by molar-refractivity contribution is -0.120. The van der Waals surface area contributed by atoms with Crippen LogP contribution in [0, 0.1) is 11.3 Å². The number of nitrogens with zero attached hydrogens (tertiary/aromatic N) is 1. The Morgan fingerprint density at radius 3 is 2.33 bits per heavy atom. The first-order valence-electron chi connectivity index (χ1n) is 5.66. The first-order valence-corrected chi connectivity index (χ1v) is 5.66. The lowest BCUT2D eigenvalue weighted by atomic mass is 10.1. The van der Waals surface area contributed by atoms with Gasteiger partial charge in [-0.2, -0.15) is 5.26 Å². The lowest BCUT2D eigenvalue weighted by Crippen LogP contribution is -2.35. The summed E-state index contributed by atoms with van der Waals surface area (Å²) in [6.45, 7) is -0.250. The van der Waals surface area contributed by atoms with Crippen LogP contribution in [0.15, 0.2) is 29.8 Å². The van der Waals surface area contributed by atoms with Gasteiger partial charge in [-0.15, -0.1) is 0 Å². The first-order chi connectivity index (χ1) is 9.92. The molecule has 8 nitrogen and oxygen atoms in total. The quantitative estimate of drug-likeness (QED) is 0.500. The van der Waals surface area contributed by atoms with Gasteiger partial charge in [-0.1, -0.05) is 12.1 Å². The summed E-state index contributed by atoms with van der Waals surface area (Å²) < 4.78 is 5.05. The summed E-state index contributed by atoms with van der Waals surface area (Å²) in [5, 5.41) is 10.7. The Morgan fingerprint density at radius 1 is 1.24 bits per heavy atom. The highest BCUT2D eigenvalue weighted by atomic mass is 16.5. The van der Waals surface area contributed by atoms with Crippen LogP contribution in [0.25, 0.3) is 6.08 Å². The summed E-state index contributed by atoms with van der Waals surface area (Å²) in [6, 6.07) is 6.81. The smallest absolute Gasteiger partial charge is 0.319 e. The number of nitrogens with one attached hydrogen (secondary N) is 1. The molecule has 0 aliphatic rings. The SMILES string of the molecule is N#C/C(=C/c1ccc(OCC(N)=O)cc1)C(=O)NC(N)=O. The van der Waals surface area contributed by atoms with Crippen LogP contribution in [-0.2, 0) is 9.59 Å². The number of imide groups is 1. The number of carbonyl (C=O) groups excluding carboxylic acids is 3. The predicted molar refractivity (Wildman–Crippen MR) is 72.4 cm³/mol. The molecule has 1 rings (SSSR count). The monoisotopic (exact) mass is 288 g/mol. The van der Waals surface area contributed by atoms with E-state index < -0.39 is 17.8 Å². The Kier molecular flexibility index (Phi) is 5.46. The number of hydrogen-bond acceptors (Lipinski definition) is 5. The molecule has 0 atom stereocenters. The van der Waals surface area contributed by atoms with Gasteiger partial charge in [-0.3, -0.25) is 14.9 Å². The van der Waals surface area contributed by atoms with Gasteiger partial charge in [0.05, 0.1) is 0 Å². The number of nitriles is 1. The molecule has 0 unspecified atom stereocenters. The molecule has 1 aromatic carbocycles. The Bertz CT molecular complexity index is 629. The van der Waals surface area contributed by atoms with E-state index in [4.69, 9.17) is 21.5 Å². The van der Waals surface area contributed by atoms with Crippen LogP contribution in [0.5, 0.6) is 5.75 Å². The molecule has 21 heavy (non-hydrogen) atoms. The number of benzene rings is 1. The molecule has 5 N–H and O–H groups in total. The molecule has 0 saturated carbocycles. The van der Waals surface area contributed by atoms with E-state index in [1.165, 1.54) is 18.2 Å². The molecule has 0 heterocycles. The molecule has 0 aliphatic heterocycles. The van der Waals surface area contributed by atoms with Gasteiger partial charge in [0.1, 0.15) is 17.4 Å². The zero-order valence-electron chi connectivity index (χ0n) is 10.8. The van der Waals surface area contributed by atoms with Gasteiger partial charge in [0.25, 0.3) is 11.8 Å². The Hall–Kier alpha value is -3.34. The van der Waals surface area contributed by atoms with Crippen LogP contribution >= 0.6 is 0 Å². The van der Waals surface area contributed by atoms with Gasteiger partial charge in [0.2, 0.25) is 0 Å². The van der Waals surface area contributed by atoms with E-state index in [2.05, 4.69) is 0 Å². The van der Waals surface area contributed by atoms with Crippen LogP contribution in [0.1, 0.15) is 5.56 Å². The predicted octanol–water partition coefficient (Wildman–Crippen LogP) is -0.347. The van der Waals surface area contributed by atoms with Crippen molar-refractivity contribution >= 4 is 23.9 Å². The number of urea groups is 1. The zero-order chi connectivity index (χ0) is 15.8. The van der Waals surface area contributed by atoms with Gasteiger partial charge >= 0.3 is 6.03 Å². The standard InChI is InChI=1S/C13H12N4O4/c14-6-9(12(19)17-13(16)20)5-8-1-3-10(4-2-8)21-7-11(15)18/h1-5H,7H2,(H2,15,18)(H3,16,17,19,20)/b9-5-. The summed E-state index contributed by atoms with van der Waals surface area (Å²) in [6.07, 6.45) is 1.27. The normalized spacial score (nSPS) is 10.3. The number of amides is 4. The number of primary amides is 2. The third-order valence-corrected chi connectivity index (χ3v) is 2.17. The fourth-order valence-electron chi connectivity index (χ4n) is 1.31. The number of carbonyl (C=O) groups is 3. The average Bonchev–Trinajstić information content (AvgIpc) is 2.42. The average molecular weight is 288 g/mol. The molecular weight excluding hydrogens is 276 g/mol. The molecule has 0 bridgehead atoms. The maximum Gasteiger partial charge on any atom is 0.319 e. The van der Waals surface area contributed by atoms with Crippen molar-refractivity contribution in [1.29, 1.82) is 5.26 Å². The molecule has 0 spiro atoms. The number of rotatable bonds is 5. The lowest BCUT2D eigenvalue weighted by Gasteiger charge is -2.04. The van der Waals surface area contributed by atoms with Crippen molar-refractivity contribution in [2.45, 2.75) is 0 Å². The fraction of sp³-hybridized carbons (Fsp3) is 0.0769. The van der Waals surface area contributed by atoms with Crippen molar-refractivity contribution in [2.75, 3.05) is 6.61 Å². The molecule has 0 saturated heterocycles. The number of ether oxygens (including phenoxy) is 1. The van der Waals surface area contributed by atoms with Crippen LogP contribution in [0.3, 0.4) is 0 Å². The summed E-state index contributed by atoms with van der Waals surface area (Å²) in [4.78, 5) is 32.6. The second kappa shape index (κ2) is 7.30. The molecule has 0 aromatic heterocycles.